The molecule has 0 spiro atoms. The molecule has 2 heterocycles. The molecule has 1 amide bonds. The van der Waals surface area contributed by atoms with E-state index < -0.39 is 0 Å². The molecule has 0 saturated carbocycles. The summed E-state index contributed by atoms with van der Waals surface area (Å²) in [5, 5.41) is 0. The van der Waals surface area contributed by atoms with E-state index in [2.05, 4.69) is 11.9 Å². The first-order valence-corrected chi connectivity index (χ1v) is 6.71. The third kappa shape index (κ3) is 3.19. The van der Waals surface area contributed by atoms with Crippen LogP contribution in [-0.4, -0.2) is 62.1 Å². The Morgan fingerprint density at radius 2 is 1.65 bits per heavy atom. The number of nitrogens with zero attached hydrogens (tertiary/aromatic N) is 2. The highest BCUT2D eigenvalue weighted by Crippen LogP contribution is 2.21. The van der Waals surface area contributed by atoms with E-state index in [1.165, 1.54) is 0 Å². The van der Waals surface area contributed by atoms with Crippen molar-refractivity contribution < 1.29 is 9.53 Å². The van der Waals surface area contributed by atoms with Crippen molar-refractivity contribution >= 4 is 5.91 Å². The van der Waals surface area contributed by atoms with Gasteiger partial charge in [-0.1, -0.05) is 0 Å². The number of hydrogen-bond donors (Lipinski definition) is 0. The van der Waals surface area contributed by atoms with Crippen LogP contribution < -0.4 is 0 Å². The molecule has 4 heteroatoms. The number of hydrogen-bond acceptors (Lipinski definition) is 3. The van der Waals surface area contributed by atoms with E-state index in [0.29, 0.717) is 12.0 Å². The molecule has 2 aliphatic rings. The minimum atomic E-state index is 0.269. The van der Waals surface area contributed by atoms with E-state index in [1.54, 1.807) is 7.11 Å². The second-order valence-electron chi connectivity index (χ2n) is 5.34. The van der Waals surface area contributed by atoms with E-state index in [4.69, 9.17) is 4.74 Å². The molecule has 0 atom stereocenters. The number of amides is 1. The second-order valence-corrected chi connectivity index (χ2v) is 5.34. The summed E-state index contributed by atoms with van der Waals surface area (Å²) in [6.07, 6.45) is 4.40. The highest BCUT2D eigenvalue weighted by Gasteiger charge is 2.29. The quantitative estimate of drug-likeness (QED) is 0.721. The number of methoxy groups -OCH3 is 1. The van der Waals surface area contributed by atoms with Gasteiger partial charge in [0.05, 0.1) is 6.10 Å². The van der Waals surface area contributed by atoms with Crippen LogP contribution in [0.5, 0.6) is 0 Å². The fourth-order valence-electron chi connectivity index (χ4n) is 2.83. The smallest absolute Gasteiger partial charge is 0.225 e. The van der Waals surface area contributed by atoms with Crippen molar-refractivity contribution in [1.29, 1.82) is 0 Å². The highest BCUT2D eigenvalue weighted by molar-refractivity contribution is 5.79. The molecule has 0 aromatic carbocycles. The molecule has 17 heavy (non-hydrogen) atoms. The van der Waals surface area contributed by atoms with Crippen LogP contribution in [0.25, 0.3) is 0 Å². The number of carbonyl (C=O) groups is 1. The normalized spacial score (nSPS) is 25.2. The molecule has 4 nitrogen and oxygen atoms in total. The lowest BCUT2D eigenvalue weighted by molar-refractivity contribution is -0.139. The predicted octanol–water partition coefficient (Wildman–Crippen LogP) is 0.966. The average Bonchev–Trinajstić information content (AvgIpc) is 2.39. The summed E-state index contributed by atoms with van der Waals surface area (Å²) in [7, 11) is 3.89. The van der Waals surface area contributed by atoms with Crippen LogP contribution in [0, 0.1) is 5.92 Å². The lowest BCUT2D eigenvalue weighted by atomic mass is 9.94. The zero-order valence-electron chi connectivity index (χ0n) is 11.0. The van der Waals surface area contributed by atoms with Crippen molar-refractivity contribution in [2.75, 3.05) is 40.3 Å². The first kappa shape index (κ1) is 12.8. The number of piperidine rings is 2. The summed E-state index contributed by atoms with van der Waals surface area (Å²) < 4.78 is 5.33. The molecule has 98 valence electrons. The fraction of sp³-hybridized carbons (Fsp3) is 0.923. The summed E-state index contributed by atoms with van der Waals surface area (Å²) in [5.41, 5.74) is 0. The van der Waals surface area contributed by atoms with Crippen LogP contribution in [-0.2, 0) is 9.53 Å². The lowest BCUT2D eigenvalue weighted by Gasteiger charge is -2.36. The molecule has 0 radical (unpaired) electrons. The van der Waals surface area contributed by atoms with Crippen molar-refractivity contribution in [3.05, 3.63) is 0 Å². The summed E-state index contributed by atoms with van der Waals surface area (Å²) in [6, 6.07) is 0. The Bertz CT molecular complexity index is 254. The van der Waals surface area contributed by atoms with Crippen molar-refractivity contribution in [2.24, 2.45) is 5.92 Å². The third-order valence-electron chi connectivity index (χ3n) is 4.15. The Hall–Kier alpha value is -0.610. The maximum Gasteiger partial charge on any atom is 0.225 e. The fourth-order valence-corrected chi connectivity index (χ4v) is 2.83. The highest BCUT2D eigenvalue weighted by atomic mass is 16.5. The molecule has 0 aromatic rings. The van der Waals surface area contributed by atoms with Gasteiger partial charge in [-0.3, -0.25) is 4.79 Å². The Morgan fingerprint density at radius 1 is 1.06 bits per heavy atom. The molecule has 0 aromatic heterocycles. The monoisotopic (exact) mass is 240 g/mol. The van der Waals surface area contributed by atoms with Crippen LogP contribution >= 0.6 is 0 Å². The van der Waals surface area contributed by atoms with Gasteiger partial charge in [0.2, 0.25) is 5.91 Å². The van der Waals surface area contributed by atoms with Gasteiger partial charge in [-0.2, -0.15) is 0 Å². The molecule has 2 aliphatic heterocycles. The summed E-state index contributed by atoms with van der Waals surface area (Å²) in [6.45, 7) is 3.88. The van der Waals surface area contributed by atoms with Gasteiger partial charge in [-0.05, 0) is 45.8 Å². The van der Waals surface area contributed by atoms with Crippen LogP contribution in [0.4, 0.5) is 0 Å². The maximum absolute atomic E-state index is 12.3. The Labute approximate surface area is 104 Å². The van der Waals surface area contributed by atoms with E-state index in [1.807, 2.05) is 4.90 Å². The standard InChI is InChI=1S/C13H24N2O2/c1-14-7-3-11(4-8-14)13(16)15-9-5-12(17-2)6-10-15/h11-12H,3-10H2,1-2H3. The topological polar surface area (TPSA) is 32.8 Å². The number of carbonyl (C=O) groups excluding carboxylic acids is 1. The first-order valence-electron chi connectivity index (χ1n) is 6.71. The molecule has 0 aliphatic carbocycles. The summed E-state index contributed by atoms with van der Waals surface area (Å²) in [5.74, 6) is 0.651. The molecular formula is C13H24N2O2. The molecule has 0 N–H and O–H groups in total. The minimum absolute atomic E-state index is 0.269. The predicted molar refractivity (Wildman–Crippen MR) is 66.8 cm³/mol. The lowest BCUT2D eigenvalue weighted by Crippen LogP contribution is -2.46. The Kier molecular flexibility index (Phi) is 4.40. The summed E-state index contributed by atoms with van der Waals surface area (Å²) >= 11 is 0. The molecule has 0 bridgehead atoms. The number of likely N-dealkylation sites (tertiary alicyclic amines) is 2. The van der Waals surface area contributed by atoms with Gasteiger partial charge in [0.1, 0.15) is 0 Å². The van der Waals surface area contributed by atoms with Gasteiger partial charge in [0.15, 0.2) is 0 Å². The van der Waals surface area contributed by atoms with Gasteiger partial charge in [-0.15, -0.1) is 0 Å². The molecule has 2 fully saturated rings. The number of rotatable bonds is 2. The second kappa shape index (κ2) is 5.83. The average molecular weight is 240 g/mol. The van der Waals surface area contributed by atoms with E-state index in [0.717, 1.165) is 51.9 Å². The van der Waals surface area contributed by atoms with Gasteiger partial charge < -0.3 is 14.5 Å². The van der Waals surface area contributed by atoms with Gasteiger partial charge in [0, 0.05) is 26.1 Å². The minimum Gasteiger partial charge on any atom is -0.381 e. The van der Waals surface area contributed by atoms with Gasteiger partial charge in [-0.25, -0.2) is 0 Å². The number of ether oxygens (including phenoxy) is 1. The van der Waals surface area contributed by atoms with Gasteiger partial charge >= 0.3 is 0 Å². The first-order chi connectivity index (χ1) is 8.20. The zero-order chi connectivity index (χ0) is 12.3. The SMILES string of the molecule is COC1CCN(C(=O)C2CCN(C)CC2)CC1. The van der Waals surface area contributed by atoms with Crippen LogP contribution in [0.2, 0.25) is 0 Å². The molecule has 0 unspecified atom stereocenters. The van der Waals surface area contributed by atoms with Crippen LogP contribution in [0.15, 0.2) is 0 Å². The van der Waals surface area contributed by atoms with Crippen molar-refractivity contribution in [3.8, 4) is 0 Å². The largest absolute Gasteiger partial charge is 0.381 e. The summed E-state index contributed by atoms with van der Waals surface area (Å²) in [4.78, 5) is 16.7. The third-order valence-corrected chi connectivity index (χ3v) is 4.15. The van der Waals surface area contributed by atoms with E-state index in [9.17, 15) is 4.79 Å². The Balaban J connectivity index is 1.80. The van der Waals surface area contributed by atoms with Crippen LogP contribution in [0.1, 0.15) is 25.7 Å². The van der Waals surface area contributed by atoms with Crippen molar-refractivity contribution in [3.63, 3.8) is 0 Å². The van der Waals surface area contributed by atoms with Crippen molar-refractivity contribution in [2.45, 2.75) is 31.8 Å². The van der Waals surface area contributed by atoms with Crippen molar-refractivity contribution in [1.82, 2.24) is 9.80 Å². The Morgan fingerprint density at radius 3 is 2.18 bits per heavy atom. The van der Waals surface area contributed by atoms with E-state index >= 15 is 0 Å². The van der Waals surface area contributed by atoms with Gasteiger partial charge in [0.25, 0.3) is 0 Å². The van der Waals surface area contributed by atoms with Crippen LogP contribution in [0.3, 0.4) is 0 Å². The molecular weight excluding hydrogens is 216 g/mol. The maximum atomic E-state index is 12.3. The zero-order valence-corrected chi connectivity index (χ0v) is 11.0. The molecule has 2 saturated heterocycles. The van der Waals surface area contributed by atoms with E-state index in [-0.39, 0.29) is 5.92 Å². The molecule has 2 rings (SSSR count).